The molecule has 0 saturated heterocycles. The highest BCUT2D eigenvalue weighted by molar-refractivity contribution is 6.31. The number of aromatic hydroxyl groups is 1. The summed E-state index contributed by atoms with van der Waals surface area (Å²) in [5.41, 5.74) is 4.44. The Balaban J connectivity index is 1.91. The molecule has 0 spiro atoms. The van der Waals surface area contributed by atoms with E-state index in [-0.39, 0.29) is 65.0 Å². The van der Waals surface area contributed by atoms with Gasteiger partial charge in [-0.2, -0.15) is 0 Å². The van der Waals surface area contributed by atoms with E-state index < -0.39 is 41.3 Å². The molecule has 2 aliphatic carbocycles. The van der Waals surface area contributed by atoms with E-state index >= 15 is 0 Å². The van der Waals surface area contributed by atoms with Gasteiger partial charge < -0.3 is 35.6 Å². The molecule has 0 fully saturated rings. The van der Waals surface area contributed by atoms with Gasteiger partial charge in [-0.05, 0) is 31.7 Å². The van der Waals surface area contributed by atoms with E-state index in [1.165, 1.54) is 13.2 Å². The summed E-state index contributed by atoms with van der Waals surface area (Å²) in [6, 6.07) is 3.76. The number of ether oxygens (including phenoxy) is 2. The van der Waals surface area contributed by atoms with Crippen LogP contribution in [0, 0.1) is 0 Å². The third kappa shape index (κ3) is 4.31. The number of benzene rings is 2. The molecule has 2 radical (unpaired) electrons. The van der Waals surface area contributed by atoms with Gasteiger partial charge in [0.15, 0.2) is 12.1 Å². The molecule has 0 bridgehead atoms. The van der Waals surface area contributed by atoms with Gasteiger partial charge >= 0.3 is 0 Å². The molecule has 6 N–H and O–H groups in total. The molecule has 0 saturated carbocycles. The van der Waals surface area contributed by atoms with Gasteiger partial charge in [0.1, 0.15) is 25.1 Å². The first-order valence-corrected chi connectivity index (χ1v) is 11.5. The topological polar surface area (TPSA) is 160 Å². The third-order valence-electron chi connectivity index (χ3n) is 6.74. The molecule has 9 nitrogen and oxygen atoms in total. The lowest BCUT2D eigenvalue weighted by atomic mass is 9.67. The van der Waals surface area contributed by atoms with Gasteiger partial charge in [-0.3, -0.25) is 9.59 Å². The van der Waals surface area contributed by atoms with Gasteiger partial charge in [0.2, 0.25) is 5.78 Å². The predicted molar refractivity (Wildman–Crippen MR) is 126 cm³/mol. The van der Waals surface area contributed by atoms with Crippen LogP contribution in [0.5, 0.6) is 17.2 Å². The summed E-state index contributed by atoms with van der Waals surface area (Å²) in [5.74, 6) is -1.59. The lowest BCUT2D eigenvalue weighted by Gasteiger charge is -2.35. The van der Waals surface area contributed by atoms with E-state index in [0.717, 1.165) is 0 Å². The largest absolute Gasteiger partial charge is 0.507 e. The zero-order chi connectivity index (χ0) is 25.7. The first-order chi connectivity index (χ1) is 16.5. The van der Waals surface area contributed by atoms with Gasteiger partial charge in [0.05, 0.1) is 29.9 Å². The van der Waals surface area contributed by atoms with Crippen LogP contribution in [-0.2, 0) is 12.8 Å². The Labute approximate surface area is 203 Å². The molecule has 2 aromatic carbocycles. The van der Waals surface area contributed by atoms with E-state index in [4.69, 9.17) is 23.1 Å². The second-order valence-corrected chi connectivity index (χ2v) is 9.15. The molecule has 0 aromatic heterocycles. The number of phenolic OH excluding ortho intramolecular Hbond substituents is 1. The van der Waals surface area contributed by atoms with Crippen LogP contribution in [0.15, 0.2) is 18.2 Å². The predicted octanol–water partition coefficient (Wildman–Crippen LogP) is 0.707. The molecule has 4 atom stereocenters. The van der Waals surface area contributed by atoms with Crippen LogP contribution in [0.3, 0.4) is 0 Å². The Bertz CT molecular complexity index is 1190. The number of carbonyl (C=O) groups excluding carboxylic acids is 2. The maximum Gasteiger partial charge on any atom is 0.202 e. The quantitative estimate of drug-likeness (QED) is 0.242. The van der Waals surface area contributed by atoms with Gasteiger partial charge in [-0.15, -0.1) is 0 Å². The van der Waals surface area contributed by atoms with Crippen molar-refractivity contribution >= 4 is 19.4 Å². The minimum absolute atomic E-state index is 0.0236. The zero-order valence-corrected chi connectivity index (χ0v) is 19.6. The number of ketones is 2. The van der Waals surface area contributed by atoms with Crippen LogP contribution in [0.25, 0.3) is 0 Å². The normalized spacial score (nSPS) is 21.4. The number of nitrogens with two attached hydrogens (primary N) is 1. The lowest BCUT2D eigenvalue weighted by Crippen LogP contribution is -2.40. The summed E-state index contributed by atoms with van der Waals surface area (Å²) < 4.78 is 11.1. The first kappa shape index (κ1) is 25.2. The van der Waals surface area contributed by atoms with E-state index in [1.807, 2.05) is 0 Å². The molecule has 2 aromatic rings. The fraction of sp³-hybridized carbons (Fsp3) is 0.440. The van der Waals surface area contributed by atoms with Crippen molar-refractivity contribution in [1.82, 2.24) is 0 Å². The van der Waals surface area contributed by atoms with Crippen molar-refractivity contribution in [2.45, 2.75) is 63.0 Å². The molecule has 4 rings (SSSR count). The standard InChI is InChI=1S/C25H28BNO8/c1-3-15(28)14(27)9-17(29)35-24-11-7-8-25(26,33)10-13(11)22(31)19-20(24)23(32)18-12(21(19)30)5-4-6-16(18)34-2/h4-6,14-15,17,28-29,31,33H,3,7-10,27H2,1-2H3. The van der Waals surface area contributed by atoms with Crippen molar-refractivity contribution in [3.05, 3.63) is 51.6 Å². The summed E-state index contributed by atoms with van der Waals surface area (Å²) in [7, 11) is 7.29. The lowest BCUT2D eigenvalue weighted by molar-refractivity contribution is -0.0390. The molecule has 184 valence electrons. The Morgan fingerprint density at radius 1 is 1.14 bits per heavy atom. The molecule has 35 heavy (non-hydrogen) atoms. The fourth-order valence-electron chi connectivity index (χ4n) is 4.83. The number of fused-ring (bicyclic) bond motifs is 3. The summed E-state index contributed by atoms with van der Waals surface area (Å²) in [5, 5.41) is 42.2. The second-order valence-electron chi connectivity index (χ2n) is 9.15. The molecular formula is C25H28BNO8. The van der Waals surface area contributed by atoms with Crippen LogP contribution in [0.1, 0.15) is 69.2 Å². The van der Waals surface area contributed by atoms with Gasteiger partial charge in [-0.25, -0.2) is 0 Å². The van der Waals surface area contributed by atoms with Gasteiger partial charge in [-0.1, -0.05) is 19.1 Å². The smallest absolute Gasteiger partial charge is 0.202 e. The molecule has 0 aliphatic heterocycles. The minimum atomic E-state index is -1.63. The highest BCUT2D eigenvalue weighted by atomic mass is 16.6. The van der Waals surface area contributed by atoms with Crippen LogP contribution in [-0.4, -0.2) is 70.9 Å². The van der Waals surface area contributed by atoms with Crippen LogP contribution in [0.4, 0.5) is 0 Å². The fourth-order valence-corrected chi connectivity index (χ4v) is 4.83. The number of methoxy groups -OCH3 is 1. The second kappa shape index (κ2) is 9.27. The van der Waals surface area contributed by atoms with Crippen LogP contribution < -0.4 is 15.2 Å². The minimum Gasteiger partial charge on any atom is -0.507 e. The number of hydrogen-bond donors (Lipinski definition) is 5. The highest BCUT2D eigenvalue weighted by Crippen LogP contribution is 2.48. The maximum absolute atomic E-state index is 13.7. The van der Waals surface area contributed by atoms with Crippen molar-refractivity contribution in [2.75, 3.05) is 7.11 Å². The first-order valence-electron chi connectivity index (χ1n) is 11.5. The summed E-state index contributed by atoms with van der Waals surface area (Å²) >= 11 is 0. The number of phenols is 1. The van der Waals surface area contributed by atoms with Crippen molar-refractivity contribution in [2.24, 2.45) is 5.73 Å². The highest BCUT2D eigenvalue weighted by Gasteiger charge is 2.42. The van der Waals surface area contributed by atoms with Crippen molar-refractivity contribution in [1.29, 1.82) is 0 Å². The summed E-state index contributed by atoms with van der Waals surface area (Å²) in [6.45, 7) is 1.74. The SMILES string of the molecule is [B]C1(O)CCc2c(c(O)c3c(c2OC(O)CC(N)C(O)CC)C(=O)c2c(OC)cccc2C3=O)C1. The summed E-state index contributed by atoms with van der Waals surface area (Å²) in [4.78, 5) is 27.2. The Morgan fingerprint density at radius 3 is 2.51 bits per heavy atom. The van der Waals surface area contributed by atoms with Gasteiger partial charge in [0.25, 0.3) is 0 Å². The van der Waals surface area contributed by atoms with Crippen LogP contribution in [0.2, 0.25) is 0 Å². The zero-order valence-electron chi connectivity index (χ0n) is 19.6. The number of carbonyl (C=O) groups is 2. The molecule has 2 aliphatic rings. The molecule has 0 heterocycles. The molecule has 4 unspecified atom stereocenters. The molecule has 10 heteroatoms. The number of rotatable bonds is 7. The monoisotopic (exact) mass is 481 g/mol. The van der Waals surface area contributed by atoms with E-state index in [9.17, 15) is 30.0 Å². The summed E-state index contributed by atoms with van der Waals surface area (Å²) in [6.07, 6.45) is -2.14. The van der Waals surface area contributed by atoms with Crippen molar-refractivity contribution < 1.29 is 39.5 Å². The maximum atomic E-state index is 13.7. The van der Waals surface area contributed by atoms with E-state index in [1.54, 1.807) is 19.1 Å². The average Bonchev–Trinajstić information content (AvgIpc) is 2.82. The molecule has 0 amide bonds. The van der Waals surface area contributed by atoms with Crippen molar-refractivity contribution in [3.63, 3.8) is 0 Å². The number of hydrogen-bond acceptors (Lipinski definition) is 9. The number of aliphatic hydroxyl groups excluding tert-OH is 2. The molecular weight excluding hydrogens is 453 g/mol. The van der Waals surface area contributed by atoms with Crippen molar-refractivity contribution in [3.8, 4) is 17.2 Å². The Kier molecular flexibility index (Phi) is 6.67. The average molecular weight is 481 g/mol. The van der Waals surface area contributed by atoms with Gasteiger partial charge in [0, 0.05) is 34.7 Å². The van der Waals surface area contributed by atoms with E-state index in [0.29, 0.717) is 12.0 Å². The third-order valence-corrected chi connectivity index (χ3v) is 6.74. The Morgan fingerprint density at radius 2 is 1.86 bits per heavy atom. The number of aliphatic hydroxyl groups is 3. The van der Waals surface area contributed by atoms with Crippen LogP contribution >= 0.6 is 0 Å². The van der Waals surface area contributed by atoms with E-state index in [2.05, 4.69) is 0 Å². The Hall–Kier alpha value is -2.92.